The lowest BCUT2D eigenvalue weighted by Crippen LogP contribution is -2.00. The Kier molecular flexibility index (Phi) is 5.28. The van der Waals surface area contributed by atoms with Crippen molar-refractivity contribution in [1.82, 2.24) is 0 Å². The third-order valence-electron chi connectivity index (χ3n) is 3.65. The van der Waals surface area contributed by atoms with Gasteiger partial charge >= 0.3 is 0 Å². The van der Waals surface area contributed by atoms with Crippen molar-refractivity contribution in [1.29, 1.82) is 0 Å². The Balaban J connectivity index is 1.58. The summed E-state index contributed by atoms with van der Waals surface area (Å²) in [6.45, 7) is 0. The molecule has 0 aromatic heterocycles. The molecule has 0 unspecified atom stereocenters. The molecule has 3 aromatic rings. The molecule has 0 aliphatic heterocycles. The molecular formula is C21H18OS. The molecule has 0 amide bonds. The largest absolute Gasteiger partial charge is 0.289 e. The maximum Gasteiger partial charge on any atom is 0.193 e. The van der Waals surface area contributed by atoms with Gasteiger partial charge in [0.25, 0.3) is 0 Å². The summed E-state index contributed by atoms with van der Waals surface area (Å²) in [6.07, 6.45) is 1.05. The lowest BCUT2D eigenvalue weighted by atomic mass is 10.0. The van der Waals surface area contributed by atoms with Crippen molar-refractivity contribution in [2.75, 3.05) is 5.75 Å². The number of hydrogen-bond donors (Lipinski definition) is 0. The Hall–Kier alpha value is -2.32. The van der Waals surface area contributed by atoms with Gasteiger partial charge in [-0.05, 0) is 36.2 Å². The zero-order chi connectivity index (χ0) is 15.9. The summed E-state index contributed by atoms with van der Waals surface area (Å²) in [5, 5.41) is 0. The fraction of sp³-hybridized carbons (Fsp3) is 0.0952. The molecule has 23 heavy (non-hydrogen) atoms. The number of carbonyl (C=O) groups excluding carboxylic acids is 1. The maximum atomic E-state index is 12.3. The number of hydrogen-bond acceptors (Lipinski definition) is 2. The first-order valence-corrected chi connectivity index (χ1v) is 8.68. The van der Waals surface area contributed by atoms with Gasteiger partial charge < -0.3 is 0 Å². The van der Waals surface area contributed by atoms with E-state index < -0.39 is 0 Å². The van der Waals surface area contributed by atoms with Crippen LogP contribution in [0.4, 0.5) is 0 Å². The summed E-state index contributed by atoms with van der Waals surface area (Å²) in [4.78, 5) is 13.5. The summed E-state index contributed by atoms with van der Waals surface area (Å²) in [5.74, 6) is 1.11. The van der Waals surface area contributed by atoms with Gasteiger partial charge in [0.05, 0.1) is 0 Å². The molecule has 0 radical (unpaired) electrons. The number of thioether (sulfide) groups is 1. The Morgan fingerprint density at radius 3 is 1.91 bits per heavy atom. The smallest absolute Gasteiger partial charge is 0.193 e. The summed E-state index contributed by atoms with van der Waals surface area (Å²) in [7, 11) is 0. The lowest BCUT2D eigenvalue weighted by Gasteiger charge is -2.04. The molecule has 1 nitrogen and oxygen atoms in total. The number of carbonyl (C=O) groups is 1. The van der Waals surface area contributed by atoms with E-state index in [1.165, 1.54) is 10.5 Å². The van der Waals surface area contributed by atoms with Crippen LogP contribution < -0.4 is 0 Å². The molecule has 0 saturated heterocycles. The summed E-state index contributed by atoms with van der Waals surface area (Å²) >= 11 is 1.82. The zero-order valence-corrected chi connectivity index (χ0v) is 13.6. The molecule has 0 N–H and O–H groups in total. The number of benzene rings is 3. The standard InChI is InChI=1S/C21H18OS/c22-21(18-9-5-2-6-10-18)19-11-13-20(14-12-19)23-16-15-17-7-3-1-4-8-17/h1-14H,15-16H2. The Bertz CT molecular complexity index is 749. The minimum absolute atomic E-state index is 0.0754. The molecule has 114 valence electrons. The van der Waals surface area contributed by atoms with Gasteiger partial charge in [-0.1, -0.05) is 60.7 Å². The van der Waals surface area contributed by atoms with Crippen LogP contribution in [0.5, 0.6) is 0 Å². The summed E-state index contributed by atoms with van der Waals surface area (Å²) < 4.78 is 0. The second kappa shape index (κ2) is 7.80. The highest BCUT2D eigenvalue weighted by atomic mass is 32.2. The van der Waals surface area contributed by atoms with Crippen LogP contribution in [0.3, 0.4) is 0 Å². The third-order valence-corrected chi connectivity index (χ3v) is 4.67. The van der Waals surface area contributed by atoms with Crippen molar-refractivity contribution >= 4 is 17.5 Å². The highest BCUT2D eigenvalue weighted by molar-refractivity contribution is 7.99. The van der Waals surface area contributed by atoms with Gasteiger partial charge in [0.2, 0.25) is 0 Å². The summed E-state index contributed by atoms with van der Waals surface area (Å²) in [5.41, 5.74) is 2.83. The first-order chi connectivity index (χ1) is 11.3. The van der Waals surface area contributed by atoms with Gasteiger partial charge in [0.15, 0.2) is 5.78 Å². The van der Waals surface area contributed by atoms with Crippen molar-refractivity contribution in [3.63, 3.8) is 0 Å². The average molecular weight is 318 g/mol. The predicted octanol–water partition coefficient (Wildman–Crippen LogP) is 5.25. The Morgan fingerprint density at radius 1 is 0.696 bits per heavy atom. The van der Waals surface area contributed by atoms with Crippen LogP contribution in [-0.4, -0.2) is 11.5 Å². The summed E-state index contributed by atoms with van der Waals surface area (Å²) in [6, 6.07) is 27.8. The van der Waals surface area contributed by atoms with E-state index in [1.54, 1.807) is 0 Å². The average Bonchev–Trinajstić information content (AvgIpc) is 2.63. The second-order valence-corrected chi connectivity index (χ2v) is 6.47. The highest BCUT2D eigenvalue weighted by Crippen LogP contribution is 2.21. The fourth-order valence-electron chi connectivity index (χ4n) is 2.39. The van der Waals surface area contributed by atoms with E-state index in [9.17, 15) is 4.79 Å². The van der Waals surface area contributed by atoms with Crippen molar-refractivity contribution in [2.24, 2.45) is 0 Å². The van der Waals surface area contributed by atoms with Crippen LogP contribution in [0.15, 0.2) is 89.8 Å². The molecular weight excluding hydrogens is 300 g/mol. The molecule has 0 bridgehead atoms. The number of rotatable bonds is 6. The minimum Gasteiger partial charge on any atom is -0.289 e. The normalized spacial score (nSPS) is 10.4. The second-order valence-electron chi connectivity index (χ2n) is 5.30. The van der Waals surface area contributed by atoms with Crippen LogP contribution in [0, 0.1) is 0 Å². The van der Waals surface area contributed by atoms with E-state index in [4.69, 9.17) is 0 Å². The highest BCUT2D eigenvalue weighted by Gasteiger charge is 2.08. The molecule has 0 atom stereocenters. The van der Waals surface area contributed by atoms with E-state index in [0.29, 0.717) is 0 Å². The van der Waals surface area contributed by atoms with Crippen LogP contribution in [0.25, 0.3) is 0 Å². The van der Waals surface area contributed by atoms with Crippen molar-refractivity contribution in [2.45, 2.75) is 11.3 Å². The van der Waals surface area contributed by atoms with Crippen molar-refractivity contribution in [3.8, 4) is 0 Å². The van der Waals surface area contributed by atoms with Crippen LogP contribution >= 0.6 is 11.8 Å². The quantitative estimate of drug-likeness (QED) is 0.456. The van der Waals surface area contributed by atoms with E-state index >= 15 is 0 Å². The zero-order valence-electron chi connectivity index (χ0n) is 12.8. The van der Waals surface area contributed by atoms with Gasteiger partial charge in [-0.25, -0.2) is 0 Å². The van der Waals surface area contributed by atoms with Crippen LogP contribution in [-0.2, 0) is 6.42 Å². The molecule has 0 aliphatic rings. The Morgan fingerprint density at radius 2 is 1.26 bits per heavy atom. The lowest BCUT2D eigenvalue weighted by molar-refractivity contribution is 0.103. The van der Waals surface area contributed by atoms with E-state index in [1.807, 2.05) is 72.4 Å². The predicted molar refractivity (Wildman–Crippen MR) is 97.2 cm³/mol. The van der Waals surface area contributed by atoms with Crippen molar-refractivity contribution < 1.29 is 4.79 Å². The van der Waals surface area contributed by atoms with Crippen LogP contribution in [0.1, 0.15) is 21.5 Å². The first kappa shape index (κ1) is 15.6. The molecule has 3 aromatic carbocycles. The van der Waals surface area contributed by atoms with Gasteiger partial charge in [0, 0.05) is 21.8 Å². The van der Waals surface area contributed by atoms with E-state index in [0.717, 1.165) is 23.3 Å². The van der Waals surface area contributed by atoms with Gasteiger partial charge in [-0.3, -0.25) is 4.79 Å². The number of ketones is 1. The monoisotopic (exact) mass is 318 g/mol. The van der Waals surface area contributed by atoms with Crippen LogP contribution in [0.2, 0.25) is 0 Å². The number of aryl methyl sites for hydroxylation is 1. The minimum atomic E-state index is 0.0754. The molecule has 0 saturated carbocycles. The molecule has 0 heterocycles. The maximum absolute atomic E-state index is 12.3. The fourth-order valence-corrected chi connectivity index (χ4v) is 3.29. The van der Waals surface area contributed by atoms with Crippen molar-refractivity contribution in [3.05, 3.63) is 102 Å². The van der Waals surface area contributed by atoms with Gasteiger partial charge in [-0.2, -0.15) is 0 Å². The molecule has 2 heteroatoms. The Labute approximate surface area is 141 Å². The first-order valence-electron chi connectivity index (χ1n) is 7.69. The van der Waals surface area contributed by atoms with E-state index in [-0.39, 0.29) is 5.78 Å². The van der Waals surface area contributed by atoms with Gasteiger partial charge in [-0.15, -0.1) is 11.8 Å². The third kappa shape index (κ3) is 4.33. The molecule has 3 rings (SSSR count). The molecule has 0 spiro atoms. The molecule has 0 fully saturated rings. The SMILES string of the molecule is O=C(c1ccccc1)c1ccc(SCCc2ccccc2)cc1. The molecule has 0 aliphatic carbocycles. The van der Waals surface area contributed by atoms with Gasteiger partial charge in [0.1, 0.15) is 0 Å². The van der Waals surface area contributed by atoms with E-state index in [2.05, 4.69) is 24.3 Å². The topological polar surface area (TPSA) is 17.1 Å².